The smallest absolute Gasteiger partial charge is 0.270 e. The van der Waals surface area contributed by atoms with Crippen molar-refractivity contribution in [2.45, 2.75) is 6.92 Å². The van der Waals surface area contributed by atoms with Crippen LogP contribution in [0.4, 0.5) is 0 Å². The molecular formula is C10H9BrN2O. The number of amides is 1. The molecule has 0 atom stereocenters. The molecule has 1 aromatic rings. The van der Waals surface area contributed by atoms with Crippen molar-refractivity contribution >= 4 is 21.8 Å². The van der Waals surface area contributed by atoms with E-state index in [0.29, 0.717) is 16.8 Å². The Labute approximate surface area is 91.1 Å². The van der Waals surface area contributed by atoms with Gasteiger partial charge in [-0.25, -0.2) is 4.98 Å². The lowest BCUT2D eigenvalue weighted by Gasteiger charge is -2.00. The minimum Gasteiger partial charge on any atom is -0.340 e. The normalized spacial score (nSPS) is 8.71. The van der Waals surface area contributed by atoms with E-state index in [1.165, 1.54) is 0 Å². The van der Waals surface area contributed by atoms with Crippen LogP contribution in [0.5, 0.6) is 0 Å². The van der Waals surface area contributed by atoms with Crippen LogP contribution in [-0.4, -0.2) is 17.4 Å². The van der Waals surface area contributed by atoms with Crippen LogP contribution in [0.2, 0.25) is 0 Å². The van der Waals surface area contributed by atoms with E-state index < -0.39 is 0 Å². The van der Waals surface area contributed by atoms with Gasteiger partial charge in [0, 0.05) is 0 Å². The maximum absolute atomic E-state index is 11.4. The number of halogens is 1. The van der Waals surface area contributed by atoms with E-state index in [9.17, 15) is 4.79 Å². The van der Waals surface area contributed by atoms with Crippen molar-refractivity contribution < 1.29 is 4.79 Å². The van der Waals surface area contributed by atoms with Crippen LogP contribution in [-0.2, 0) is 0 Å². The number of rotatable bonds is 2. The van der Waals surface area contributed by atoms with Gasteiger partial charge in [0.2, 0.25) is 0 Å². The lowest BCUT2D eigenvalue weighted by atomic mass is 10.3. The lowest BCUT2D eigenvalue weighted by Crippen LogP contribution is -2.24. The molecule has 4 heteroatoms. The van der Waals surface area contributed by atoms with Crippen LogP contribution in [0.15, 0.2) is 22.8 Å². The first-order valence-corrected chi connectivity index (χ1v) is 4.83. The molecule has 1 aromatic heterocycles. The van der Waals surface area contributed by atoms with Gasteiger partial charge in [0.05, 0.1) is 6.54 Å². The average molecular weight is 253 g/mol. The van der Waals surface area contributed by atoms with Gasteiger partial charge in [-0.05, 0) is 35.0 Å². The Bertz CT molecular complexity index is 393. The van der Waals surface area contributed by atoms with Crippen LogP contribution in [0, 0.1) is 11.8 Å². The van der Waals surface area contributed by atoms with E-state index in [2.05, 4.69) is 38.1 Å². The molecule has 0 unspecified atom stereocenters. The number of pyridine rings is 1. The van der Waals surface area contributed by atoms with E-state index in [1.807, 2.05) is 0 Å². The van der Waals surface area contributed by atoms with E-state index in [1.54, 1.807) is 25.1 Å². The Morgan fingerprint density at radius 3 is 3.07 bits per heavy atom. The van der Waals surface area contributed by atoms with Crippen molar-refractivity contribution in [2.24, 2.45) is 0 Å². The van der Waals surface area contributed by atoms with Crippen molar-refractivity contribution in [1.29, 1.82) is 0 Å². The minimum atomic E-state index is -0.214. The van der Waals surface area contributed by atoms with Crippen LogP contribution in [0.3, 0.4) is 0 Å². The summed E-state index contributed by atoms with van der Waals surface area (Å²) in [6.45, 7) is 2.08. The SMILES string of the molecule is CC#CCNC(=O)c1cccc(Br)n1. The zero-order chi connectivity index (χ0) is 10.4. The number of nitrogens with one attached hydrogen (secondary N) is 1. The molecule has 0 aliphatic carbocycles. The molecule has 1 heterocycles. The molecule has 0 fully saturated rings. The second-order valence-corrected chi connectivity index (χ2v) is 3.27. The summed E-state index contributed by atoms with van der Waals surface area (Å²) in [6, 6.07) is 5.18. The molecule has 0 saturated heterocycles. The Hall–Kier alpha value is -1.34. The highest BCUT2D eigenvalue weighted by atomic mass is 79.9. The highest BCUT2D eigenvalue weighted by Gasteiger charge is 2.04. The van der Waals surface area contributed by atoms with Crippen LogP contribution >= 0.6 is 15.9 Å². The maximum Gasteiger partial charge on any atom is 0.270 e. The number of hydrogen-bond donors (Lipinski definition) is 1. The summed E-state index contributed by atoms with van der Waals surface area (Å²) in [5.74, 6) is 5.22. The van der Waals surface area contributed by atoms with Gasteiger partial charge >= 0.3 is 0 Å². The molecule has 14 heavy (non-hydrogen) atoms. The largest absolute Gasteiger partial charge is 0.340 e. The van der Waals surface area contributed by atoms with Crippen LogP contribution < -0.4 is 5.32 Å². The number of carbonyl (C=O) groups excluding carboxylic acids is 1. The average Bonchev–Trinajstić information content (AvgIpc) is 2.18. The third-order valence-corrected chi connectivity index (χ3v) is 1.90. The first-order chi connectivity index (χ1) is 6.74. The van der Waals surface area contributed by atoms with Gasteiger partial charge in [-0.2, -0.15) is 0 Å². The molecule has 1 amide bonds. The summed E-state index contributed by atoms with van der Waals surface area (Å²) in [7, 11) is 0. The molecule has 0 spiro atoms. The number of carbonyl (C=O) groups is 1. The van der Waals surface area contributed by atoms with Gasteiger partial charge in [0.15, 0.2) is 0 Å². The van der Waals surface area contributed by atoms with E-state index in [4.69, 9.17) is 0 Å². The second kappa shape index (κ2) is 5.40. The molecule has 0 bridgehead atoms. The van der Waals surface area contributed by atoms with Crippen molar-refractivity contribution in [3.63, 3.8) is 0 Å². The monoisotopic (exact) mass is 252 g/mol. The van der Waals surface area contributed by atoms with Crippen molar-refractivity contribution in [2.75, 3.05) is 6.54 Å². The Balaban J connectivity index is 2.63. The molecule has 1 rings (SSSR count). The minimum absolute atomic E-state index is 0.214. The first-order valence-electron chi connectivity index (χ1n) is 4.04. The van der Waals surface area contributed by atoms with Crippen LogP contribution in [0.25, 0.3) is 0 Å². The van der Waals surface area contributed by atoms with Crippen molar-refractivity contribution in [1.82, 2.24) is 10.3 Å². The molecule has 0 aliphatic rings. The predicted molar refractivity (Wildman–Crippen MR) is 57.7 cm³/mol. The predicted octanol–water partition coefficient (Wildman–Crippen LogP) is 1.60. The fourth-order valence-electron chi connectivity index (χ4n) is 0.838. The summed E-state index contributed by atoms with van der Waals surface area (Å²) in [5, 5.41) is 2.63. The third-order valence-electron chi connectivity index (χ3n) is 1.46. The number of aromatic nitrogens is 1. The highest BCUT2D eigenvalue weighted by Crippen LogP contribution is 2.05. The van der Waals surface area contributed by atoms with Gasteiger partial charge in [0.25, 0.3) is 5.91 Å². The molecule has 1 N–H and O–H groups in total. The van der Waals surface area contributed by atoms with Crippen LogP contribution in [0.1, 0.15) is 17.4 Å². The zero-order valence-electron chi connectivity index (χ0n) is 7.67. The van der Waals surface area contributed by atoms with E-state index in [0.717, 1.165) is 0 Å². The topological polar surface area (TPSA) is 42.0 Å². The molecule has 0 saturated carbocycles. The molecule has 0 aromatic carbocycles. The van der Waals surface area contributed by atoms with Gasteiger partial charge in [-0.3, -0.25) is 4.79 Å². The number of nitrogens with zero attached hydrogens (tertiary/aromatic N) is 1. The molecule has 72 valence electrons. The second-order valence-electron chi connectivity index (χ2n) is 2.46. The Morgan fingerprint density at radius 2 is 2.43 bits per heavy atom. The van der Waals surface area contributed by atoms with Gasteiger partial charge in [-0.15, -0.1) is 5.92 Å². The zero-order valence-corrected chi connectivity index (χ0v) is 9.26. The fourth-order valence-corrected chi connectivity index (χ4v) is 1.18. The summed E-state index contributed by atoms with van der Waals surface area (Å²) in [4.78, 5) is 15.4. The molecule has 3 nitrogen and oxygen atoms in total. The summed E-state index contributed by atoms with van der Waals surface area (Å²) >= 11 is 3.19. The Morgan fingerprint density at radius 1 is 1.64 bits per heavy atom. The summed E-state index contributed by atoms with van der Waals surface area (Å²) < 4.78 is 0.645. The molecule has 0 radical (unpaired) electrons. The lowest BCUT2D eigenvalue weighted by molar-refractivity contribution is 0.0953. The quantitative estimate of drug-likeness (QED) is 0.642. The third kappa shape index (κ3) is 3.19. The van der Waals surface area contributed by atoms with Crippen molar-refractivity contribution in [3.8, 4) is 11.8 Å². The maximum atomic E-state index is 11.4. The van der Waals surface area contributed by atoms with Gasteiger partial charge < -0.3 is 5.32 Å². The standard InChI is InChI=1S/C10H9BrN2O/c1-2-3-7-12-10(14)8-5-4-6-9(11)13-8/h4-6H,7H2,1H3,(H,12,14). The summed E-state index contributed by atoms with van der Waals surface area (Å²) in [6.07, 6.45) is 0. The summed E-state index contributed by atoms with van der Waals surface area (Å²) in [5.41, 5.74) is 0.386. The van der Waals surface area contributed by atoms with E-state index >= 15 is 0 Å². The fraction of sp³-hybridized carbons (Fsp3) is 0.200. The highest BCUT2D eigenvalue weighted by molar-refractivity contribution is 9.10. The molecule has 0 aliphatic heterocycles. The van der Waals surface area contributed by atoms with Crippen molar-refractivity contribution in [3.05, 3.63) is 28.5 Å². The number of hydrogen-bond acceptors (Lipinski definition) is 2. The van der Waals surface area contributed by atoms with Gasteiger partial charge in [-0.1, -0.05) is 12.0 Å². The first kappa shape index (κ1) is 10.7. The van der Waals surface area contributed by atoms with Gasteiger partial charge in [0.1, 0.15) is 10.3 Å². The van der Waals surface area contributed by atoms with E-state index in [-0.39, 0.29) is 5.91 Å². The molecular weight excluding hydrogens is 244 g/mol. The Kier molecular flexibility index (Phi) is 4.14.